The van der Waals surface area contributed by atoms with Crippen LogP contribution in [0.5, 0.6) is 0 Å². The Labute approximate surface area is 217 Å². The summed E-state index contributed by atoms with van der Waals surface area (Å²) < 4.78 is 0. The lowest BCUT2D eigenvalue weighted by atomic mass is 9.92. The van der Waals surface area contributed by atoms with Crippen LogP contribution in [0.4, 0.5) is 0 Å². The van der Waals surface area contributed by atoms with E-state index in [0.29, 0.717) is 5.82 Å². The van der Waals surface area contributed by atoms with Crippen molar-refractivity contribution in [1.82, 2.24) is 30.5 Å². The van der Waals surface area contributed by atoms with E-state index in [1.165, 1.54) is 0 Å². The van der Waals surface area contributed by atoms with Gasteiger partial charge in [0.25, 0.3) is 0 Å². The lowest BCUT2D eigenvalue weighted by molar-refractivity contribution is 0.478. The molecule has 186 valence electrons. The molecule has 0 atom stereocenters. The van der Waals surface area contributed by atoms with Gasteiger partial charge in [-0.05, 0) is 54.3 Å². The number of allylic oxidation sites excluding steroid dienone is 9. The third kappa shape index (κ3) is 4.70. The van der Waals surface area contributed by atoms with Gasteiger partial charge in [0.2, 0.25) is 0 Å². The van der Waals surface area contributed by atoms with E-state index < -0.39 is 0 Å². The number of hydrogen-bond donors (Lipinski definition) is 3. The number of rotatable bonds is 7. The van der Waals surface area contributed by atoms with Gasteiger partial charge in [0.15, 0.2) is 5.82 Å². The number of pyridine rings is 1. The quantitative estimate of drug-likeness (QED) is 0.236. The van der Waals surface area contributed by atoms with E-state index in [-0.39, 0.29) is 5.41 Å². The van der Waals surface area contributed by atoms with Crippen LogP contribution < -0.4 is 5.32 Å². The summed E-state index contributed by atoms with van der Waals surface area (Å²) in [6, 6.07) is 6.29. The van der Waals surface area contributed by atoms with Crippen LogP contribution in [0.2, 0.25) is 0 Å². The third-order valence-corrected chi connectivity index (χ3v) is 6.64. The molecule has 3 N–H and O–H groups in total. The van der Waals surface area contributed by atoms with Crippen LogP contribution in [-0.2, 0) is 0 Å². The number of benzene rings is 1. The zero-order valence-electron chi connectivity index (χ0n) is 21.8. The zero-order valence-corrected chi connectivity index (χ0v) is 21.8. The SMILES string of the molecule is C=C/C(=C\C(=C/C)c1ccc2[nH]nc(-c3nc4c(C5=CCC=C5)cncc4[nH]3)c2c1)NC(=C)C(C)(C)C. The van der Waals surface area contributed by atoms with Crippen molar-refractivity contribution >= 4 is 33.1 Å². The summed E-state index contributed by atoms with van der Waals surface area (Å²) in [7, 11) is 0. The molecular weight excluding hydrogens is 456 g/mol. The molecule has 0 unspecified atom stereocenters. The number of aromatic amines is 2. The molecule has 0 spiro atoms. The minimum absolute atomic E-state index is 0.0602. The van der Waals surface area contributed by atoms with Gasteiger partial charge in [-0.15, -0.1) is 0 Å². The molecule has 0 radical (unpaired) electrons. The molecule has 1 aromatic carbocycles. The lowest BCUT2D eigenvalue weighted by Gasteiger charge is -2.24. The number of hydrogen-bond acceptors (Lipinski definition) is 4. The van der Waals surface area contributed by atoms with Crippen molar-refractivity contribution < 1.29 is 0 Å². The van der Waals surface area contributed by atoms with E-state index in [0.717, 1.165) is 67.7 Å². The zero-order chi connectivity index (χ0) is 26.2. The molecule has 6 nitrogen and oxygen atoms in total. The minimum atomic E-state index is -0.0602. The molecule has 1 aliphatic carbocycles. The van der Waals surface area contributed by atoms with Crippen LogP contribution in [0.25, 0.3) is 44.6 Å². The standard InChI is InChI=1S/C31H32N6/c1-7-20(15-23(8-2)33-19(3)31(4,5)6)22-13-14-26-24(16-22)29(37-36-26)30-34-27-18-32-17-25(28(27)35-30)21-11-9-10-12-21/h7-9,11-18,33H,2-3,10H2,1,4-6H3,(H,34,35)(H,36,37)/b20-7+,23-15+. The largest absolute Gasteiger partial charge is 0.359 e. The third-order valence-electron chi connectivity index (χ3n) is 6.64. The van der Waals surface area contributed by atoms with Crippen LogP contribution in [0, 0.1) is 5.41 Å². The maximum absolute atomic E-state index is 4.95. The van der Waals surface area contributed by atoms with Crippen LogP contribution in [0.15, 0.2) is 91.6 Å². The highest BCUT2D eigenvalue weighted by Gasteiger charge is 2.18. The fourth-order valence-corrected chi connectivity index (χ4v) is 4.30. The van der Waals surface area contributed by atoms with Crippen molar-refractivity contribution in [3.8, 4) is 11.5 Å². The Balaban J connectivity index is 1.54. The molecule has 5 rings (SSSR count). The number of H-pyrrole nitrogens is 2. The molecule has 3 heterocycles. The first-order valence-electron chi connectivity index (χ1n) is 12.4. The number of nitrogens with zero attached hydrogens (tertiary/aromatic N) is 3. The summed E-state index contributed by atoms with van der Waals surface area (Å²) in [6.07, 6.45) is 17.1. The maximum Gasteiger partial charge on any atom is 0.159 e. The van der Waals surface area contributed by atoms with Crippen molar-refractivity contribution in [2.75, 3.05) is 0 Å². The molecule has 1 aliphatic rings. The maximum atomic E-state index is 4.95. The summed E-state index contributed by atoms with van der Waals surface area (Å²) in [4.78, 5) is 12.8. The lowest BCUT2D eigenvalue weighted by Crippen LogP contribution is -2.22. The Kier molecular flexibility index (Phi) is 6.25. The molecule has 6 heteroatoms. The highest BCUT2D eigenvalue weighted by Crippen LogP contribution is 2.32. The van der Waals surface area contributed by atoms with Crippen molar-refractivity contribution in [3.05, 3.63) is 103 Å². The van der Waals surface area contributed by atoms with Gasteiger partial charge in [0.1, 0.15) is 5.69 Å². The van der Waals surface area contributed by atoms with E-state index >= 15 is 0 Å². The number of fused-ring (bicyclic) bond motifs is 2. The van der Waals surface area contributed by atoms with Gasteiger partial charge >= 0.3 is 0 Å². The minimum Gasteiger partial charge on any atom is -0.359 e. The van der Waals surface area contributed by atoms with E-state index in [4.69, 9.17) is 4.98 Å². The summed E-state index contributed by atoms with van der Waals surface area (Å²) in [5.74, 6) is 0.711. The summed E-state index contributed by atoms with van der Waals surface area (Å²) in [5, 5.41) is 12.2. The number of aromatic nitrogens is 5. The molecule has 4 aromatic rings. The summed E-state index contributed by atoms with van der Waals surface area (Å²) >= 11 is 0. The molecule has 0 fully saturated rings. The van der Waals surface area contributed by atoms with E-state index in [2.05, 4.69) is 108 Å². The first kappa shape index (κ1) is 24.3. The Morgan fingerprint density at radius 1 is 1.16 bits per heavy atom. The molecule has 0 aliphatic heterocycles. The van der Waals surface area contributed by atoms with Crippen molar-refractivity contribution in [2.24, 2.45) is 5.41 Å². The highest BCUT2D eigenvalue weighted by atomic mass is 15.1. The molecule has 0 saturated heterocycles. The van der Waals surface area contributed by atoms with Gasteiger partial charge in [0, 0.05) is 34.0 Å². The fourth-order valence-electron chi connectivity index (χ4n) is 4.30. The Morgan fingerprint density at radius 3 is 2.70 bits per heavy atom. The first-order chi connectivity index (χ1) is 17.8. The summed E-state index contributed by atoms with van der Waals surface area (Å²) in [6.45, 7) is 16.6. The van der Waals surface area contributed by atoms with Crippen molar-refractivity contribution in [1.29, 1.82) is 0 Å². The van der Waals surface area contributed by atoms with E-state index in [1.807, 2.05) is 25.4 Å². The molecule has 0 saturated carbocycles. The van der Waals surface area contributed by atoms with Crippen molar-refractivity contribution in [3.63, 3.8) is 0 Å². The highest BCUT2D eigenvalue weighted by molar-refractivity contribution is 5.98. The molecular formula is C31H32N6. The molecule has 0 bridgehead atoms. The van der Waals surface area contributed by atoms with Crippen LogP contribution in [0.1, 0.15) is 45.2 Å². The van der Waals surface area contributed by atoms with E-state index in [9.17, 15) is 0 Å². The van der Waals surface area contributed by atoms with Gasteiger partial charge in [-0.2, -0.15) is 5.10 Å². The average Bonchev–Trinajstić information content (AvgIpc) is 3.64. The summed E-state index contributed by atoms with van der Waals surface area (Å²) in [5.41, 5.74) is 9.58. The fraction of sp³-hybridized carbons (Fsp3) is 0.194. The second-order valence-corrected chi connectivity index (χ2v) is 10.2. The Morgan fingerprint density at radius 2 is 2.00 bits per heavy atom. The van der Waals surface area contributed by atoms with Gasteiger partial charge in [-0.3, -0.25) is 10.1 Å². The van der Waals surface area contributed by atoms with Gasteiger partial charge in [-0.25, -0.2) is 4.98 Å². The first-order valence-corrected chi connectivity index (χ1v) is 12.4. The van der Waals surface area contributed by atoms with Gasteiger partial charge in [0.05, 0.1) is 22.7 Å². The molecule has 37 heavy (non-hydrogen) atoms. The predicted molar refractivity (Wildman–Crippen MR) is 154 cm³/mol. The second-order valence-electron chi connectivity index (χ2n) is 10.2. The van der Waals surface area contributed by atoms with Gasteiger partial charge in [-0.1, -0.05) is 64.3 Å². The smallest absolute Gasteiger partial charge is 0.159 e. The van der Waals surface area contributed by atoms with Crippen LogP contribution in [-0.4, -0.2) is 25.1 Å². The van der Waals surface area contributed by atoms with Gasteiger partial charge < -0.3 is 10.3 Å². The number of nitrogens with one attached hydrogen (secondary N) is 3. The molecule has 0 amide bonds. The monoisotopic (exact) mass is 488 g/mol. The second kappa shape index (κ2) is 9.54. The Bertz CT molecular complexity index is 1650. The van der Waals surface area contributed by atoms with E-state index in [1.54, 1.807) is 0 Å². The number of imidazole rings is 1. The predicted octanol–water partition coefficient (Wildman–Crippen LogP) is 7.47. The normalized spacial score (nSPS) is 14.4. The van der Waals surface area contributed by atoms with Crippen LogP contribution in [0.3, 0.4) is 0 Å². The average molecular weight is 489 g/mol. The topological polar surface area (TPSA) is 82.3 Å². The van der Waals surface area contributed by atoms with Crippen LogP contribution >= 0.6 is 0 Å². The molecule has 3 aromatic heterocycles. The Hall–Kier alpha value is -4.45. The van der Waals surface area contributed by atoms with Crippen molar-refractivity contribution in [2.45, 2.75) is 34.1 Å².